The zero-order valence-electron chi connectivity index (χ0n) is 7.84. The second kappa shape index (κ2) is 4.65. The van der Waals surface area contributed by atoms with E-state index in [2.05, 4.69) is 15.9 Å². The third-order valence-corrected chi connectivity index (χ3v) is 4.43. The number of halogens is 3. The second-order valence-electron chi connectivity index (χ2n) is 3.07. The molecule has 5 heteroatoms. The molecule has 1 nitrogen and oxygen atoms in total. The van der Waals surface area contributed by atoms with E-state index in [-0.39, 0.29) is 5.78 Å². The Balaban J connectivity index is 2.39. The maximum absolute atomic E-state index is 12.9. The number of thiophene rings is 1. The van der Waals surface area contributed by atoms with E-state index in [4.69, 9.17) is 11.6 Å². The summed E-state index contributed by atoms with van der Waals surface area (Å²) < 4.78 is 13.6. The zero-order valence-corrected chi connectivity index (χ0v) is 11.0. The minimum atomic E-state index is -0.424. The van der Waals surface area contributed by atoms with Gasteiger partial charge in [-0.2, -0.15) is 0 Å². The summed E-state index contributed by atoms with van der Waals surface area (Å²) in [5.74, 6) is -0.648. The van der Waals surface area contributed by atoms with E-state index >= 15 is 0 Å². The van der Waals surface area contributed by atoms with Gasteiger partial charge < -0.3 is 0 Å². The van der Waals surface area contributed by atoms with Crippen LogP contribution in [-0.2, 0) is 0 Å². The van der Waals surface area contributed by atoms with E-state index in [0.717, 1.165) is 0 Å². The predicted octanol–water partition coefficient (Wildman–Crippen LogP) is 4.53. The molecule has 2 aromatic rings. The molecule has 0 spiro atoms. The number of hydrogen-bond donors (Lipinski definition) is 0. The summed E-state index contributed by atoms with van der Waals surface area (Å²) in [6.45, 7) is 0. The van der Waals surface area contributed by atoms with Crippen LogP contribution in [0.15, 0.2) is 34.1 Å². The molecular formula is C11H5BrClFOS. The Hall–Kier alpha value is -0.710. The summed E-state index contributed by atoms with van der Waals surface area (Å²) in [5, 5.41) is 0.491. The van der Waals surface area contributed by atoms with Crippen LogP contribution in [0.3, 0.4) is 0 Å². The quantitative estimate of drug-likeness (QED) is 0.743. The van der Waals surface area contributed by atoms with Gasteiger partial charge in [-0.3, -0.25) is 4.79 Å². The Bertz CT molecular complexity index is 533. The first-order valence-electron chi connectivity index (χ1n) is 4.33. The Morgan fingerprint density at radius 2 is 2.12 bits per heavy atom. The monoisotopic (exact) mass is 318 g/mol. The lowest BCUT2D eigenvalue weighted by Crippen LogP contribution is -1.98. The van der Waals surface area contributed by atoms with E-state index < -0.39 is 5.82 Å². The van der Waals surface area contributed by atoms with Crippen molar-refractivity contribution in [2.45, 2.75) is 0 Å². The first-order chi connectivity index (χ1) is 7.58. The largest absolute Gasteiger partial charge is 0.288 e. The van der Waals surface area contributed by atoms with Gasteiger partial charge in [0.2, 0.25) is 5.78 Å². The molecule has 0 atom stereocenters. The highest BCUT2D eigenvalue weighted by Gasteiger charge is 2.14. The lowest BCUT2D eigenvalue weighted by Gasteiger charge is -1.97. The van der Waals surface area contributed by atoms with E-state index in [0.29, 0.717) is 19.2 Å². The van der Waals surface area contributed by atoms with Gasteiger partial charge in [0.25, 0.3) is 0 Å². The standard InChI is InChI=1S/C11H5BrClFOS/c12-11-8(13)5-9(16-11)10(15)6-2-1-3-7(14)4-6/h1-5H. The van der Waals surface area contributed by atoms with E-state index in [1.165, 1.54) is 29.5 Å². The topological polar surface area (TPSA) is 17.1 Å². The fraction of sp³-hybridized carbons (Fsp3) is 0. The molecule has 0 saturated carbocycles. The molecule has 1 aromatic heterocycles. The number of carbonyl (C=O) groups is 1. The molecule has 0 radical (unpaired) electrons. The van der Waals surface area contributed by atoms with Gasteiger partial charge in [0, 0.05) is 5.56 Å². The van der Waals surface area contributed by atoms with E-state index in [9.17, 15) is 9.18 Å². The maximum Gasteiger partial charge on any atom is 0.203 e. The van der Waals surface area contributed by atoms with Gasteiger partial charge in [0.1, 0.15) is 5.82 Å². The van der Waals surface area contributed by atoms with Crippen LogP contribution in [0.4, 0.5) is 4.39 Å². The van der Waals surface area contributed by atoms with Crippen LogP contribution in [0.25, 0.3) is 0 Å². The SMILES string of the molecule is O=C(c1cccc(F)c1)c1cc(Cl)c(Br)s1. The van der Waals surface area contributed by atoms with Crippen molar-refractivity contribution in [1.82, 2.24) is 0 Å². The van der Waals surface area contributed by atoms with Crippen molar-refractivity contribution in [2.24, 2.45) is 0 Å². The highest BCUT2D eigenvalue weighted by Crippen LogP contribution is 2.33. The lowest BCUT2D eigenvalue weighted by molar-refractivity contribution is 0.104. The zero-order chi connectivity index (χ0) is 11.7. The van der Waals surface area contributed by atoms with Gasteiger partial charge in [-0.05, 0) is 34.1 Å². The summed E-state index contributed by atoms with van der Waals surface area (Å²) in [5.41, 5.74) is 0.324. The summed E-state index contributed by atoms with van der Waals surface area (Å²) in [7, 11) is 0. The molecule has 0 aliphatic carbocycles. The van der Waals surface area contributed by atoms with Gasteiger partial charge in [-0.15, -0.1) is 11.3 Å². The molecule has 0 saturated heterocycles. The van der Waals surface area contributed by atoms with Crippen molar-refractivity contribution in [3.8, 4) is 0 Å². The summed E-state index contributed by atoms with van der Waals surface area (Å²) in [6.07, 6.45) is 0. The molecule has 0 amide bonds. The minimum absolute atomic E-state index is 0.225. The van der Waals surface area contributed by atoms with Crippen molar-refractivity contribution in [2.75, 3.05) is 0 Å². The van der Waals surface area contributed by atoms with Crippen LogP contribution in [0.1, 0.15) is 15.2 Å². The maximum atomic E-state index is 12.9. The first kappa shape index (κ1) is 11.8. The number of benzene rings is 1. The Kier molecular flexibility index (Phi) is 3.42. The van der Waals surface area contributed by atoms with Crippen LogP contribution < -0.4 is 0 Å². The third kappa shape index (κ3) is 2.34. The summed E-state index contributed by atoms with van der Waals surface area (Å²) in [4.78, 5) is 12.4. The van der Waals surface area contributed by atoms with E-state index in [1.807, 2.05) is 0 Å². The molecule has 0 aliphatic rings. The fourth-order valence-electron chi connectivity index (χ4n) is 1.23. The van der Waals surface area contributed by atoms with Gasteiger partial charge in [0.05, 0.1) is 13.7 Å². The van der Waals surface area contributed by atoms with Crippen molar-refractivity contribution in [3.05, 3.63) is 55.4 Å². The normalized spacial score (nSPS) is 10.4. The van der Waals surface area contributed by atoms with Gasteiger partial charge >= 0.3 is 0 Å². The molecule has 0 bridgehead atoms. The average Bonchev–Trinajstić information content (AvgIpc) is 2.58. The summed E-state index contributed by atoms with van der Waals surface area (Å²) >= 11 is 10.3. The molecule has 2 rings (SSSR count). The molecule has 0 fully saturated rings. The van der Waals surface area contributed by atoms with Crippen LogP contribution in [0.5, 0.6) is 0 Å². The molecule has 1 aromatic carbocycles. The number of hydrogen-bond acceptors (Lipinski definition) is 2. The molecule has 0 N–H and O–H groups in total. The molecule has 82 valence electrons. The smallest absolute Gasteiger partial charge is 0.203 e. The van der Waals surface area contributed by atoms with E-state index in [1.54, 1.807) is 12.1 Å². The Morgan fingerprint density at radius 1 is 1.38 bits per heavy atom. The van der Waals surface area contributed by atoms with Crippen LogP contribution in [-0.4, -0.2) is 5.78 Å². The fourth-order valence-corrected chi connectivity index (χ4v) is 2.89. The molecule has 0 unspecified atom stereocenters. The molecule has 1 heterocycles. The van der Waals surface area contributed by atoms with Crippen molar-refractivity contribution in [1.29, 1.82) is 0 Å². The molecule has 16 heavy (non-hydrogen) atoms. The van der Waals surface area contributed by atoms with Gasteiger partial charge in [-0.1, -0.05) is 23.7 Å². The van der Waals surface area contributed by atoms with Crippen LogP contribution >= 0.6 is 38.9 Å². The second-order valence-corrected chi connectivity index (χ2v) is 5.85. The average molecular weight is 320 g/mol. The highest BCUT2D eigenvalue weighted by atomic mass is 79.9. The molecular weight excluding hydrogens is 315 g/mol. The van der Waals surface area contributed by atoms with Crippen LogP contribution in [0, 0.1) is 5.82 Å². The first-order valence-corrected chi connectivity index (χ1v) is 6.32. The molecule has 0 aliphatic heterocycles. The lowest BCUT2D eigenvalue weighted by atomic mass is 10.1. The number of rotatable bonds is 2. The van der Waals surface area contributed by atoms with Gasteiger partial charge in [-0.25, -0.2) is 4.39 Å². The highest BCUT2D eigenvalue weighted by molar-refractivity contribution is 9.11. The number of ketones is 1. The Morgan fingerprint density at radius 3 is 2.69 bits per heavy atom. The Labute approximate surface area is 109 Å². The van der Waals surface area contributed by atoms with Crippen molar-refractivity contribution in [3.63, 3.8) is 0 Å². The van der Waals surface area contributed by atoms with Crippen LogP contribution in [0.2, 0.25) is 5.02 Å². The van der Waals surface area contributed by atoms with Crippen molar-refractivity contribution < 1.29 is 9.18 Å². The minimum Gasteiger partial charge on any atom is -0.288 e. The van der Waals surface area contributed by atoms with Gasteiger partial charge in [0.15, 0.2) is 0 Å². The third-order valence-electron chi connectivity index (χ3n) is 1.96. The summed E-state index contributed by atoms with van der Waals surface area (Å²) in [6, 6.07) is 7.17. The number of carbonyl (C=O) groups excluding carboxylic acids is 1. The van der Waals surface area contributed by atoms with Crippen molar-refractivity contribution >= 4 is 44.7 Å². The predicted molar refractivity (Wildman–Crippen MR) is 66.9 cm³/mol.